The first-order valence-electron chi connectivity index (χ1n) is 7.48. The lowest BCUT2D eigenvalue weighted by molar-refractivity contribution is 0.0613. The number of rotatable bonds is 6. The van der Waals surface area contributed by atoms with E-state index in [4.69, 9.17) is 5.73 Å². The minimum atomic E-state index is 0.230. The van der Waals surface area contributed by atoms with Crippen LogP contribution in [0.15, 0.2) is 0 Å². The third-order valence-electron chi connectivity index (χ3n) is 4.56. The first-order valence-corrected chi connectivity index (χ1v) is 8.46. The second-order valence-corrected chi connectivity index (χ2v) is 8.33. The number of hydrogen-bond donors (Lipinski definition) is 1. The molecule has 0 spiro atoms. The zero-order valence-electron chi connectivity index (χ0n) is 13.0. The standard InChI is InChI=1S/C15H32N2S/c1-6-13(3)10-15(7-2,11-16)17-8-9-18-14(4,5)12-17/h13H,6-12,16H2,1-5H3. The highest BCUT2D eigenvalue weighted by molar-refractivity contribution is 8.00. The molecule has 0 saturated carbocycles. The Bertz CT molecular complexity index is 249. The van der Waals surface area contributed by atoms with E-state index in [9.17, 15) is 0 Å². The van der Waals surface area contributed by atoms with Gasteiger partial charge in [0.1, 0.15) is 0 Å². The van der Waals surface area contributed by atoms with E-state index in [0.29, 0.717) is 4.75 Å². The van der Waals surface area contributed by atoms with Crippen molar-refractivity contribution in [2.24, 2.45) is 11.7 Å². The highest BCUT2D eigenvalue weighted by Gasteiger charge is 2.39. The normalized spacial score (nSPS) is 25.7. The molecule has 0 aromatic carbocycles. The van der Waals surface area contributed by atoms with Crippen LogP contribution in [0.25, 0.3) is 0 Å². The van der Waals surface area contributed by atoms with Crippen LogP contribution in [-0.2, 0) is 0 Å². The Morgan fingerprint density at radius 1 is 1.39 bits per heavy atom. The van der Waals surface area contributed by atoms with Crippen molar-refractivity contribution >= 4 is 11.8 Å². The number of nitrogens with zero attached hydrogens (tertiary/aromatic N) is 1. The van der Waals surface area contributed by atoms with Gasteiger partial charge in [0.25, 0.3) is 0 Å². The highest BCUT2D eigenvalue weighted by atomic mass is 32.2. The van der Waals surface area contributed by atoms with Gasteiger partial charge in [-0.15, -0.1) is 0 Å². The van der Waals surface area contributed by atoms with Crippen molar-refractivity contribution in [3.63, 3.8) is 0 Å². The van der Waals surface area contributed by atoms with Crippen molar-refractivity contribution in [3.8, 4) is 0 Å². The van der Waals surface area contributed by atoms with Gasteiger partial charge in [0, 0.05) is 35.7 Å². The molecule has 2 nitrogen and oxygen atoms in total. The lowest BCUT2D eigenvalue weighted by Gasteiger charge is -2.50. The van der Waals surface area contributed by atoms with Crippen LogP contribution in [-0.4, -0.2) is 40.6 Å². The Labute approximate surface area is 118 Å². The average molecular weight is 273 g/mol. The maximum absolute atomic E-state index is 6.19. The Hall–Kier alpha value is 0.270. The van der Waals surface area contributed by atoms with Gasteiger partial charge in [-0.05, 0) is 32.6 Å². The van der Waals surface area contributed by atoms with E-state index in [-0.39, 0.29) is 5.54 Å². The van der Waals surface area contributed by atoms with Crippen LogP contribution < -0.4 is 5.73 Å². The number of thioether (sulfide) groups is 1. The summed E-state index contributed by atoms with van der Waals surface area (Å²) < 4.78 is 0.378. The fraction of sp³-hybridized carbons (Fsp3) is 1.00. The van der Waals surface area contributed by atoms with Crippen LogP contribution >= 0.6 is 11.8 Å². The molecule has 0 amide bonds. The Morgan fingerprint density at radius 3 is 2.50 bits per heavy atom. The SMILES string of the molecule is CCC(C)CC(CC)(CN)N1CCSC(C)(C)C1. The van der Waals surface area contributed by atoms with Crippen LogP contribution in [0.2, 0.25) is 0 Å². The maximum atomic E-state index is 6.19. The predicted molar refractivity (Wildman–Crippen MR) is 84.3 cm³/mol. The van der Waals surface area contributed by atoms with Gasteiger partial charge in [0.15, 0.2) is 0 Å². The minimum Gasteiger partial charge on any atom is -0.329 e. The van der Waals surface area contributed by atoms with E-state index in [2.05, 4.69) is 51.3 Å². The molecule has 0 aromatic heterocycles. The Kier molecular flexibility index (Phi) is 6.01. The molecule has 108 valence electrons. The molecule has 1 rings (SSSR count). The zero-order valence-corrected chi connectivity index (χ0v) is 13.8. The van der Waals surface area contributed by atoms with E-state index in [1.165, 1.54) is 38.1 Å². The second kappa shape index (κ2) is 6.62. The predicted octanol–water partition coefficient (Wildman–Crippen LogP) is 3.36. The summed E-state index contributed by atoms with van der Waals surface area (Å²) in [5.41, 5.74) is 6.42. The van der Waals surface area contributed by atoms with Gasteiger partial charge in [0.2, 0.25) is 0 Å². The summed E-state index contributed by atoms with van der Waals surface area (Å²) in [5.74, 6) is 2.01. The van der Waals surface area contributed by atoms with Crippen LogP contribution in [0.5, 0.6) is 0 Å². The van der Waals surface area contributed by atoms with Crippen LogP contribution in [0.3, 0.4) is 0 Å². The fourth-order valence-corrected chi connectivity index (χ4v) is 4.18. The summed E-state index contributed by atoms with van der Waals surface area (Å²) >= 11 is 2.10. The minimum absolute atomic E-state index is 0.230. The lowest BCUT2D eigenvalue weighted by Crippen LogP contribution is -2.60. The molecule has 1 heterocycles. The molecule has 0 aromatic rings. The molecule has 2 N–H and O–H groups in total. The van der Waals surface area contributed by atoms with Crippen molar-refractivity contribution in [1.82, 2.24) is 4.90 Å². The molecule has 0 bridgehead atoms. The van der Waals surface area contributed by atoms with Crippen molar-refractivity contribution < 1.29 is 0 Å². The van der Waals surface area contributed by atoms with Crippen LogP contribution in [0.4, 0.5) is 0 Å². The highest BCUT2D eigenvalue weighted by Crippen LogP contribution is 2.36. The molecule has 2 unspecified atom stereocenters. The first kappa shape index (κ1) is 16.3. The van der Waals surface area contributed by atoms with E-state index < -0.39 is 0 Å². The van der Waals surface area contributed by atoms with E-state index in [1.807, 2.05) is 0 Å². The molecule has 1 saturated heterocycles. The number of hydrogen-bond acceptors (Lipinski definition) is 3. The van der Waals surface area contributed by atoms with Crippen LogP contribution in [0, 0.1) is 5.92 Å². The van der Waals surface area contributed by atoms with Crippen LogP contribution in [0.1, 0.15) is 53.9 Å². The van der Waals surface area contributed by atoms with Gasteiger partial charge in [-0.1, -0.05) is 27.2 Å². The average Bonchev–Trinajstić information content (AvgIpc) is 2.34. The molecule has 3 heteroatoms. The largest absolute Gasteiger partial charge is 0.329 e. The van der Waals surface area contributed by atoms with Crippen molar-refractivity contribution in [2.45, 2.75) is 64.2 Å². The van der Waals surface area contributed by atoms with Gasteiger partial charge >= 0.3 is 0 Å². The molecule has 1 aliphatic rings. The molecular formula is C15H32N2S. The quantitative estimate of drug-likeness (QED) is 0.804. The number of nitrogens with two attached hydrogens (primary N) is 1. The Morgan fingerprint density at radius 2 is 2.06 bits per heavy atom. The van der Waals surface area contributed by atoms with Gasteiger partial charge in [-0.2, -0.15) is 11.8 Å². The molecule has 0 aliphatic carbocycles. The van der Waals surface area contributed by atoms with Crippen molar-refractivity contribution in [1.29, 1.82) is 0 Å². The second-order valence-electron chi connectivity index (χ2n) is 6.53. The van der Waals surface area contributed by atoms with Gasteiger partial charge in [-0.3, -0.25) is 4.90 Å². The molecule has 0 radical (unpaired) electrons. The summed E-state index contributed by atoms with van der Waals surface area (Å²) in [5, 5.41) is 0. The Balaban J connectivity index is 2.82. The molecule has 1 fully saturated rings. The molecule has 1 aliphatic heterocycles. The zero-order chi connectivity index (χ0) is 13.8. The summed E-state index contributed by atoms with van der Waals surface area (Å²) in [7, 11) is 0. The van der Waals surface area contributed by atoms with Gasteiger partial charge < -0.3 is 5.73 Å². The summed E-state index contributed by atoms with van der Waals surface area (Å²) in [6.07, 6.45) is 3.68. The summed E-state index contributed by atoms with van der Waals surface area (Å²) in [4.78, 5) is 2.69. The summed E-state index contributed by atoms with van der Waals surface area (Å²) in [6.45, 7) is 14.9. The fourth-order valence-electron chi connectivity index (χ4n) is 3.07. The topological polar surface area (TPSA) is 29.3 Å². The smallest absolute Gasteiger partial charge is 0.0332 e. The third kappa shape index (κ3) is 3.88. The van der Waals surface area contributed by atoms with Gasteiger partial charge in [0.05, 0.1) is 0 Å². The van der Waals surface area contributed by atoms with Gasteiger partial charge in [-0.25, -0.2) is 0 Å². The van der Waals surface area contributed by atoms with Crippen molar-refractivity contribution in [3.05, 3.63) is 0 Å². The molecular weight excluding hydrogens is 240 g/mol. The maximum Gasteiger partial charge on any atom is 0.0332 e. The molecule has 2 atom stereocenters. The van der Waals surface area contributed by atoms with E-state index in [0.717, 1.165) is 12.5 Å². The van der Waals surface area contributed by atoms with E-state index >= 15 is 0 Å². The van der Waals surface area contributed by atoms with Crippen molar-refractivity contribution in [2.75, 3.05) is 25.4 Å². The first-order chi connectivity index (χ1) is 8.39. The molecule has 18 heavy (non-hydrogen) atoms. The monoisotopic (exact) mass is 272 g/mol. The third-order valence-corrected chi connectivity index (χ3v) is 5.86. The lowest BCUT2D eigenvalue weighted by atomic mass is 9.82. The van der Waals surface area contributed by atoms with E-state index in [1.54, 1.807) is 0 Å². The summed E-state index contributed by atoms with van der Waals surface area (Å²) in [6, 6.07) is 0.